The normalized spacial score (nSPS) is 10.7. The Morgan fingerprint density at radius 1 is 1.03 bits per heavy atom. The van der Waals surface area contributed by atoms with Crippen molar-refractivity contribution in [1.82, 2.24) is 15.1 Å². The molecule has 0 bridgehead atoms. The first-order valence-corrected chi connectivity index (χ1v) is 8.15. The van der Waals surface area contributed by atoms with Crippen LogP contribution in [-0.2, 0) is 6.54 Å². The lowest BCUT2D eigenvalue weighted by Crippen LogP contribution is -2.31. The summed E-state index contributed by atoms with van der Waals surface area (Å²) in [5.41, 5.74) is -1.25. The van der Waals surface area contributed by atoms with Crippen molar-refractivity contribution in [1.29, 1.82) is 0 Å². The monoisotopic (exact) mass is 407 g/mol. The number of nitrogens with one attached hydrogen (secondary N) is 1. The fourth-order valence-electron chi connectivity index (χ4n) is 2.52. The average Bonchev–Trinajstić information content (AvgIpc) is 2.67. The lowest BCUT2D eigenvalue weighted by atomic mass is 10.2. The summed E-state index contributed by atoms with van der Waals surface area (Å²) >= 11 is 0. The number of carbonyl (C=O) groups excluding carboxylic acids is 1. The molecule has 0 saturated heterocycles. The van der Waals surface area contributed by atoms with Gasteiger partial charge in [0.2, 0.25) is 11.3 Å². The highest BCUT2D eigenvalue weighted by Gasteiger charge is 2.18. The van der Waals surface area contributed by atoms with Crippen molar-refractivity contribution in [3.05, 3.63) is 87.2 Å². The van der Waals surface area contributed by atoms with Crippen LogP contribution in [-0.4, -0.2) is 22.8 Å². The summed E-state index contributed by atoms with van der Waals surface area (Å²) in [6.45, 7) is -0.272. The SMILES string of the molecule is COc1cc(=O)c(C(=O)NCc2cc(F)cc(F)c2)nn1-c1ccc(F)c(F)c1. The van der Waals surface area contributed by atoms with Gasteiger partial charge in [-0.1, -0.05) is 0 Å². The van der Waals surface area contributed by atoms with E-state index in [1.165, 1.54) is 13.2 Å². The van der Waals surface area contributed by atoms with Crippen molar-refractivity contribution in [2.24, 2.45) is 0 Å². The van der Waals surface area contributed by atoms with Crippen molar-refractivity contribution in [2.75, 3.05) is 7.11 Å². The fourth-order valence-corrected chi connectivity index (χ4v) is 2.52. The molecule has 1 N–H and O–H groups in total. The number of hydrogen-bond donors (Lipinski definition) is 1. The zero-order valence-corrected chi connectivity index (χ0v) is 14.9. The van der Waals surface area contributed by atoms with E-state index in [4.69, 9.17) is 4.74 Å². The number of halogens is 4. The van der Waals surface area contributed by atoms with Crippen molar-refractivity contribution >= 4 is 5.91 Å². The predicted octanol–water partition coefficient (Wildman–Crippen LogP) is 2.73. The summed E-state index contributed by atoms with van der Waals surface area (Å²) in [6.07, 6.45) is 0. The number of benzene rings is 2. The van der Waals surface area contributed by atoms with Crippen LogP contribution in [0.25, 0.3) is 5.69 Å². The van der Waals surface area contributed by atoms with Crippen LogP contribution >= 0.6 is 0 Å². The van der Waals surface area contributed by atoms with Crippen LogP contribution in [0.15, 0.2) is 47.3 Å². The van der Waals surface area contributed by atoms with E-state index in [-0.39, 0.29) is 23.7 Å². The Morgan fingerprint density at radius 3 is 2.34 bits per heavy atom. The second-order valence-electron chi connectivity index (χ2n) is 5.87. The van der Waals surface area contributed by atoms with Gasteiger partial charge in [0.05, 0.1) is 18.9 Å². The third-order valence-electron chi connectivity index (χ3n) is 3.84. The minimum absolute atomic E-state index is 0.00185. The molecule has 0 aliphatic rings. The van der Waals surface area contributed by atoms with E-state index in [1.54, 1.807) is 0 Å². The Kier molecular flexibility index (Phi) is 5.62. The molecule has 3 aromatic rings. The maximum absolute atomic E-state index is 13.6. The zero-order valence-electron chi connectivity index (χ0n) is 14.9. The van der Waals surface area contributed by atoms with Crippen LogP contribution < -0.4 is 15.5 Å². The number of carbonyl (C=O) groups is 1. The molecule has 0 fully saturated rings. The first kappa shape index (κ1) is 20.1. The molecule has 10 heteroatoms. The Morgan fingerprint density at radius 2 is 1.72 bits per heavy atom. The van der Waals surface area contributed by atoms with Gasteiger partial charge < -0.3 is 10.1 Å². The van der Waals surface area contributed by atoms with Crippen molar-refractivity contribution in [3.63, 3.8) is 0 Å². The van der Waals surface area contributed by atoms with Gasteiger partial charge in [-0.05, 0) is 29.8 Å². The molecular weight excluding hydrogens is 394 g/mol. The van der Waals surface area contributed by atoms with Crippen LogP contribution in [0.5, 0.6) is 5.88 Å². The number of nitrogens with zero attached hydrogens (tertiary/aromatic N) is 2. The second-order valence-corrected chi connectivity index (χ2v) is 5.87. The molecule has 0 aliphatic carbocycles. The molecule has 0 saturated carbocycles. The number of ether oxygens (including phenoxy) is 1. The Bertz CT molecular complexity index is 1130. The summed E-state index contributed by atoms with van der Waals surface area (Å²) in [6, 6.07) is 6.50. The molecule has 0 atom stereocenters. The van der Waals surface area contributed by atoms with E-state index in [9.17, 15) is 27.2 Å². The third-order valence-corrected chi connectivity index (χ3v) is 3.84. The summed E-state index contributed by atoms with van der Waals surface area (Å²) < 4.78 is 59.2. The quantitative estimate of drug-likeness (QED) is 0.661. The van der Waals surface area contributed by atoms with Gasteiger partial charge in [-0.25, -0.2) is 22.2 Å². The van der Waals surface area contributed by atoms with E-state index in [0.29, 0.717) is 6.07 Å². The van der Waals surface area contributed by atoms with Gasteiger partial charge in [0, 0.05) is 18.7 Å². The highest BCUT2D eigenvalue weighted by molar-refractivity contribution is 5.92. The first-order chi connectivity index (χ1) is 13.8. The van der Waals surface area contributed by atoms with Crippen molar-refractivity contribution in [3.8, 4) is 11.6 Å². The second kappa shape index (κ2) is 8.13. The molecule has 29 heavy (non-hydrogen) atoms. The lowest BCUT2D eigenvalue weighted by molar-refractivity contribution is 0.0942. The molecule has 0 radical (unpaired) electrons. The molecule has 6 nitrogen and oxygen atoms in total. The number of hydrogen-bond acceptors (Lipinski definition) is 4. The summed E-state index contributed by atoms with van der Waals surface area (Å²) in [4.78, 5) is 24.6. The summed E-state index contributed by atoms with van der Waals surface area (Å²) in [5.74, 6) is -4.95. The van der Waals surface area contributed by atoms with Gasteiger partial charge in [0.15, 0.2) is 17.3 Å². The van der Waals surface area contributed by atoms with Gasteiger partial charge in [-0.3, -0.25) is 9.59 Å². The van der Waals surface area contributed by atoms with Gasteiger partial charge in [0.25, 0.3) is 5.91 Å². The largest absolute Gasteiger partial charge is 0.481 e. The van der Waals surface area contributed by atoms with E-state index < -0.39 is 40.3 Å². The number of rotatable bonds is 5. The topological polar surface area (TPSA) is 73.2 Å². The third kappa shape index (κ3) is 4.42. The zero-order chi connectivity index (χ0) is 21.1. The maximum atomic E-state index is 13.6. The van der Waals surface area contributed by atoms with Crippen LogP contribution in [0.3, 0.4) is 0 Å². The van der Waals surface area contributed by atoms with Crippen LogP contribution in [0.4, 0.5) is 17.6 Å². The van der Waals surface area contributed by atoms with Gasteiger partial charge >= 0.3 is 0 Å². The lowest BCUT2D eigenvalue weighted by Gasteiger charge is -2.13. The Labute approximate surface area is 161 Å². The minimum Gasteiger partial charge on any atom is -0.481 e. The highest BCUT2D eigenvalue weighted by Crippen LogP contribution is 2.17. The molecule has 1 heterocycles. The van der Waals surface area contributed by atoms with Gasteiger partial charge in [-0.15, -0.1) is 0 Å². The standard InChI is InChI=1S/C19H13F4N3O3/c1-29-17-8-16(27)18(25-26(17)13-2-3-14(22)15(23)7-13)19(28)24-9-10-4-11(20)6-12(21)5-10/h2-8H,9H2,1H3,(H,24,28). The van der Waals surface area contributed by atoms with Crippen LogP contribution in [0.1, 0.15) is 16.1 Å². The molecule has 150 valence electrons. The minimum atomic E-state index is -1.16. The van der Waals surface area contributed by atoms with Crippen molar-refractivity contribution < 1.29 is 27.1 Å². The number of amides is 1. The molecule has 0 spiro atoms. The molecule has 0 aliphatic heterocycles. The van der Waals surface area contributed by atoms with E-state index in [1.807, 2.05) is 0 Å². The summed E-state index contributed by atoms with van der Waals surface area (Å²) in [5, 5.41) is 6.19. The van der Waals surface area contributed by atoms with E-state index in [0.717, 1.165) is 35.0 Å². The average molecular weight is 407 g/mol. The molecule has 1 amide bonds. The molecule has 2 aromatic carbocycles. The van der Waals surface area contributed by atoms with Gasteiger partial charge in [-0.2, -0.15) is 5.10 Å². The van der Waals surface area contributed by atoms with Crippen LogP contribution in [0, 0.1) is 23.3 Å². The Balaban J connectivity index is 1.93. The summed E-state index contributed by atoms with van der Waals surface area (Å²) in [7, 11) is 1.23. The number of methoxy groups -OCH3 is 1. The molecule has 3 rings (SSSR count). The van der Waals surface area contributed by atoms with Gasteiger partial charge in [0.1, 0.15) is 11.6 Å². The maximum Gasteiger partial charge on any atom is 0.276 e. The predicted molar refractivity (Wildman–Crippen MR) is 93.8 cm³/mol. The number of aromatic nitrogens is 2. The smallest absolute Gasteiger partial charge is 0.276 e. The van der Waals surface area contributed by atoms with Crippen molar-refractivity contribution in [2.45, 2.75) is 6.54 Å². The van der Waals surface area contributed by atoms with E-state index in [2.05, 4.69) is 10.4 Å². The molecule has 1 aromatic heterocycles. The molecular formula is C19H13F4N3O3. The van der Waals surface area contributed by atoms with E-state index >= 15 is 0 Å². The highest BCUT2D eigenvalue weighted by atomic mass is 19.2. The molecule has 0 unspecified atom stereocenters. The Hall–Kier alpha value is -3.69. The fraction of sp³-hybridized carbons (Fsp3) is 0.105. The van der Waals surface area contributed by atoms with Crippen LogP contribution in [0.2, 0.25) is 0 Å². The first-order valence-electron chi connectivity index (χ1n) is 8.15.